The number of furan rings is 1. The van der Waals surface area contributed by atoms with Crippen LogP contribution in [0.15, 0.2) is 64.6 Å². The first-order chi connectivity index (χ1) is 16.6. The molecule has 9 heteroatoms. The van der Waals surface area contributed by atoms with Gasteiger partial charge in [-0.2, -0.15) is 0 Å². The second-order valence-electron chi connectivity index (χ2n) is 8.03. The van der Waals surface area contributed by atoms with Crippen molar-refractivity contribution in [3.63, 3.8) is 0 Å². The van der Waals surface area contributed by atoms with Gasteiger partial charge < -0.3 is 19.8 Å². The number of methoxy groups -OCH3 is 1. The summed E-state index contributed by atoms with van der Waals surface area (Å²) in [6.45, 7) is -0.310. The van der Waals surface area contributed by atoms with E-state index in [4.69, 9.17) is 9.15 Å². The molecule has 0 aliphatic heterocycles. The van der Waals surface area contributed by atoms with Crippen molar-refractivity contribution in [2.24, 2.45) is 0 Å². The van der Waals surface area contributed by atoms with E-state index < -0.39 is 17.9 Å². The predicted molar refractivity (Wildman–Crippen MR) is 129 cm³/mol. The average molecular weight is 482 g/mol. The molecule has 3 aromatic rings. The van der Waals surface area contributed by atoms with Crippen molar-refractivity contribution in [1.82, 2.24) is 10.6 Å². The molecule has 0 spiro atoms. The minimum Gasteiger partial charge on any atom is -0.497 e. The molecule has 0 bridgehead atoms. The summed E-state index contributed by atoms with van der Waals surface area (Å²) in [5, 5.41) is 7.59. The number of ether oxygens (including phenoxy) is 1. The van der Waals surface area contributed by atoms with Crippen molar-refractivity contribution in [2.45, 2.75) is 37.8 Å². The maximum absolute atomic E-state index is 13.6. The van der Waals surface area contributed by atoms with Gasteiger partial charge >= 0.3 is 0 Å². The number of benzene rings is 1. The molecule has 2 aromatic heterocycles. The normalized spacial score (nSPS) is 14.4. The van der Waals surface area contributed by atoms with E-state index in [1.807, 2.05) is 17.5 Å². The first-order valence-corrected chi connectivity index (χ1v) is 12.1. The number of nitrogens with zero attached hydrogens (tertiary/aromatic N) is 1. The van der Waals surface area contributed by atoms with E-state index in [0.29, 0.717) is 11.4 Å². The fourth-order valence-electron chi connectivity index (χ4n) is 4.10. The van der Waals surface area contributed by atoms with Gasteiger partial charge in [0.05, 0.1) is 19.9 Å². The van der Waals surface area contributed by atoms with Gasteiger partial charge in [-0.05, 0) is 48.6 Å². The molecule has 1 atom stereocenters. The minimum absolute atomic E-state index is 0.0934. The van der Waals surface area contributed by atoms with E-state index in [0.717, 1.165) is 30.6 Å². The molecule has 2 heterocycles. The summed E-state index contributed by atoms with van der Waals surface area (Å²) >= 11 is 1.40. The summed E-state index contributed by atoms with van der Waals surface area (Å²) < 4.78 is 10.5. The van der Waals surface area contributed by atoms with Crippen molar-refractivity contribution >= 4 is 34.7 Å². The lowest BCUT2D eigenvalue weighted by Crippen LogP contribution is -2.49. The Morgan fingerprint density at radius 1 is 1.15 bits per heavy atom. The van der Waals surface area contributed by atoms with Crippen molar-refractivity contribution in [1.29, 1.82) is 0 Å². The van der Waals surface area contributed by atoms with Crippen LogP contribution in [-0.4, -0.2) is 37.4 Å². The molecule has 2 N–H and O–H groups in total. The summed E-state index contributed by atoms with van der Waals surface area (Å²) in [5.41, 5.74) is 0.497. The van der Waals surface area contributed by atoms with Crippen LogP contribution in [0.25, 0.3) is 0 Å². The third kappa shape index (κ3) is 5.48. The van der Waals surface area contributed by atoms with Crippen LogP contribution in [0.4, 0.5) is 5.69 Å². The molecule has 34 heavy (non-hydrogen) atoms. The Kier molecular flexibility index (Phi) is 7.64. The van der Waals surface area contributed by atoms with Gasteiger partial charge in [0.1, 0.15) is 11.8 Å². The van der Waals surface area contributed by atoms with Gasteiger partial charge in [0.2, 0.25) is 11.8 Å². The summed E-state index contributed by atoms with van der Waals surface area (Å²) in [5.74, 6) is -0.534. The Balaban J connectivity index is 1.65. The van der Waals surface area contributed by atoms with Crippen LogP contribution in [-0.2, 0) is 9.59 Å². The molecular weight excluding hydrogens is 454 g/mol. The highest BCUT2D eigenvalue weighted by atomic mass is 32.1. The number of carbonyl (C=O) groups excluding carboxylic acids is 3. The molecule has 8 nitrogen and oxygen atoms in total. The number of rotatable bonds is 9. The third-order valence-corrected chi connectivity index (χ3v) is 6.69. The van der Waals surface area contributed by atoms with Gasteiger partial charge in [-0.15, -0.1) is 11.3 Å². The number of hydrogen-bond acceptors (Lipinski definition) is 6. The Morgan fingerprint density at radius 3 is 2.65 bits per heavy atom. The van der Waals surface area contributed by atoms with Crippen molar-refractivity contribution in [3.05, 3.63) is 70.8 Å². The molecule has 0 unspecified atom stereocenters. The lowest BCUT2D eigenvalue weighted by molar-refractivity contribution is -0.126. The molecule has 1 saturated carbocycles. The molecule has 1 aromatic carbocycles. The predicted octanol–water partition coefficient (Wildman–Crippen LogP) is 3.91. The summed E-state index contributed by atoms with van der Waals surface area (Å²) in [4.78, 5) is 41.6. The van der Waals surface area contributed by atoms with Crippen LogP contribution in [0, 0.1) is 0 Å². The second-order valence-corrected chi connectivity index (χ2v) is 9.01. The van der Waals surface area contributed by atoms with Gasteiger partial charge in [-0.1, -0.05) is 25.0 Å². The molecule has 1 aliphatic carbocycles. The van der Waals surface area contributed by atoms with E-state index in [1.165, 1.54) is 28.6 Å². The zero-order valence-corrected chi connectivity index (χ0v) is 19.7. The Bertz CT molecular complexity index is 1110. The van der Waals surface area contributed by atoms with Crippen LogP contribution in [0.1, 0.15) is 47.2 Å². The van der Waals surface area contributed by atoms with Gasteiger partial charge in [0, 0.05) is 22.7 Å². The standard InChI is InChI=1S/C25H27N3O5S/c1-32-19-10-4-9-18(15-19)28(22(29)16-26-24(30)20-11-5-13-33-20)23(21-12-6-14-34-21)25(31)27-17-7-2-3-8-17/h4-6,9-15,17,23H,2-3,7-8,16H2,1H3,(H,26,30)(H,27,31)/t23-/m0/s1. The summed E-state index contributed by atoms with van der Waals surface area (Å²) in [6, 6.07) is 13.0. The Morgan fingerprint density at radius 2 is 1.97 bits per heavy atom. The molecule has 0 saturated heterocycles. The monoisotopic (exact) mass is 481 g/mol. The van der Waals surface area contributed by atoms with Crippen molar-refractivity contribution in [3.8, 4) is 5.75 Å². The number of amides is 3. The average Bonchev–Trinajstić information content (AvgIpc) is 3.64. The molecule has 4 rings (SSSR count). The summed E-state index contributed by atoms with van der Waals surface area (Å²) in [7, 11) is 1.54. The topological polar surface area (TPSA) is 101 Å². The number of hydrogen-bond donors (Lipinski definition) is 2. The maximum Gasteiger partial charge on any atom is 0.287 e. The fraction of sp³-hybridized carbons (Fsp3) is 0.320. The van der Waals surface area contributed by atoms with E-state index in [1.54, 1.807) is 37.4 Å². The third-order valence-electron chi connectivity index (χ3n) is 5.77. The van der Waals surface area contributed by atoms with Crippen LogP contribution in [0.3, 0.4) is 0 Å². The highest BCUT2D eigenvalue weighted by Crippen LogP contribution is 2.33. The van der Waals surface area contributed by atoms with E-state index >= 15 is 0 Å². The van der Waals surface area contributed by atoms with Crippen LogP contribution < -0.4 is 20.3 Å². The number of carbonyl (C=O) groups is 3. The first-order valence-electron chi connectivity index (χ1n) is 11.2. The molecule has 1 fully saturated rings. The van der Waals surface area contributed by atoms with Crippen LogP contribution in [0.2, 0.25) is 0 Å². The highest BCUT2D eigenvalue weighted by molar-refractivity contribution is 7.10. The molecular formula is C25H27N3O5S. The van der Waals surface area contributed by atoms with Gasteiger partial charge in [0.25, 0.3) is 5.91 Å². The minimum atomic E-state index is -0.888. The van der Waals surface area contributed by atoms with E-state index in [9.17, 15) is 14.4 Å². The second kappa shape index (κ2) is 11.0. The maximum atomic E-state index is 13.6. The molecule has 0 radical (unpaired) electrons. The molecule has 3 amide bonds. The molecule has 178 valence electrons. The number of nitrogens with one attached hydrogen (secondary N) is 2. The first kappa shape index (κ1) is 23.6. The highest BCUT2D eigenvalue weighted by Gasteiger charge is 2.35. The summed E-state index contributed by atoms with van der Waals surface area (Å²) in [6.07, 6.45) is 5.39. The lowest BCUT2D eigenvalue weighted by Gasteiger charge is -2.31. The lowest BCUT2D eigenvalue weighted by atomic mass is 10.1. The SMILES string of the molecule is COc1cccc(N(C(=O)CNC(=O)c2ccco2)[C@H](C(=O)NC2CCCC2)c2cccs2)c1. The van der Waals surface area contributed by atoms with Gasteiger partial charge in [0.15, 0.2) is 5.76 Å². The van der Waals surface area contributed by atoms with Crippen molar-refractivity contribution < 1.29 is 23.5 Å². The fourth-order valence-corrected chi connectivity index (χ4v) is 4.92. The quantitative estimate of drug-likeness (QED) is 0.483. The zero-order valence-electron chi connectivity index (χ0n) is 18.9. The van der Waals surface area contributed by atoms with Crippen LogP contribution >= 0.6 is 11.3 Å². The zero-order chi connectivity index (χ0) is 23.9. The number of anilines is 1. The van der Waals surface area contributed by atoms with Gasteiger partial charge in [-0.25, -0.2) is 0 Å². The largest absolute Gasteiger partial charge is 0.497 e. The number of thiophene rings is 1. The van der Waals surface area contributed by atoms with E-state index in [2.05, 4.69) is 10.6 Å². The Hall–Kier alpha value is -3.59. The van der Waals surface area contributed by atoms with Gasteiger partial charge in [-0.3, -0.25) is 19.3 Å². The molecule has 1 aliphatic rings. The van der Waals surface area contributed by atoms with E-state index in [-0.39, 0.29) is 24.3 Å². The Labute approximate surface area is 201 Å². The smallest absolute Gasteiger partial charge is 0.287 e. The van der Waals surface area contributed by atoms with Crippen molar-refractivity contribution in [2.75, 3.05) is 18.6 Å². The van der Waals surface area contributed by atoms with Crippen LogP contribution in [0.5, 0.6) is 5.75 Å².